The molecule has 1 aliphatic rings. The molecule has 1 fully saturated rings. The van der Waals surface area contributed by atoms with Gasteiger partial charge in [0.15, 0.2) is 9.84 Å². The van der Waals surface area contributed by atoms with Crippen molar-refractivity contribution in [3.05, 3.63) is 22.4 Å². The van der Waals surface area contributed by atoms with Crippen molar-refractivity contribution in [3.63, 3.8) is 0 Å². The Morgan fingerprint density at radius 1 is 1.56 bits per heavy atom. The summed E-state index contributed by atoms with van der Waals surface area (Å²) in [7, 11) is -3.03. The van der Waals surface area contributed by atoms with E-state index in [4.69, 9.17) is 0 Å². The van der Waals surface area contributed by atoms with Crippen LogP contribution in [0.15, 0.2) is 16.9 Å². The molecule has 0 bridgehead atoms. The van der Waals surface area contributed by atoms with E-state index in [1.807, 2.05) is 6.92 Å². The van der Waals surface area contributed by atoms with Crippen molar-refractivity contribution in [2.24, 2.45) is 5.92 Å². The van der Waals surface area contributed by atoms with Crippen LogP contribution in [0.5, 0.6) is 0 Å². The van der Waals surface area contributed by atoms with Crippen molar-refractivity contribution in [1.82, 2.24) is 4.98 Å². The number of hydrogen-bond donors (Lipinski definition) is 1. The van der Waals surface area contributed by atoms with Crippen LogP contribution >= 0.6 is 15.9 Å². The molecule has 2 rings (SSSR count). The summed E-state index contributed by atoms with van der Waals surface area (Å²) in [5.74, 6) is -0.650. The maximum atomic E-state index is 11.9. The average Bonchev–Trinajstić information content (AvgIpc) is 2.64. The van der Waals surface area contributed by atoms with Crippen LogP contribution in [0.3, 0.4) is 0 Å². The molecule has 7 heteroatoms. The number of carbonyl (C=O) groups is 1. The van der Waals surface area contributed by atoms with Crippen LogP contribution in [0.25, 0.3) is 0 Å². The molecule has 0 saturated carbocycles. The third-order valence-corrected chi connectivity index (χ3v) is 5.48. The van der Waals surface area contributed by atoms with Gasteiger partial charge in [-0.05, 0) is 40.9 Å². The van der Waals surface area contributed by atoms with Gasteiger partial charge in [-0.15, -0.1) is 0 Å². The number of amides is 1. The van der Waals surface area contributed by atoms with E-state index in [1.165, 1.54) is 0 Å². The lowest BCUT2D eigenvalue weighted by Gasteiger charge is -2.10. The summed E-state index contributed by atoms with van der Waals surface area (Å²) in [6.07, 6.45) is 1.94. The largest absolute Gasteiger partial charge is 0.324 e. The zero-order valence-electron chi connectivity index (χ0n) is 9.81. The third kappa shape index (κ3) is 3.08. The topological polar surface area (TPSA) is 76.1 Å². The van der Waals surface area contributed by atoms with Crippen molar-refractivity contribution < 1.29 is 13.2 Å². The number of aryl methyl sites for hydroxylation is 1. The molecular formula is C11H13BrN2O3S. The van der Waals surface area contributed by atoms with Crippen LogP contribution in [-0.4, -0.2) is 30.8 Å². The Morgan fingerprint density at radius 3 is 2.83 bits per heavy atom. The number of nitrogens with one attached hydrogen (secondary N) is 1. The molecule has 1 saturated heterocycles. The number of halogens is 1. The zero-order chi connectivity index (χ0) is 13.3. The van der Waals surface area contributed by atoms with E-state index in [2.05, 4.69) is 26.2 Å². The molecule has 0 aliphatic carbocycles. The lowest BCUT2D eigenvalue weighted by molar-refractivity contribution is -0.119. The first-order valence-electron chi connectivity index (χ1n) is 5.51. The fourth-order valence-electron chi connectivity index (χ4n) is 1.87. The number of rotatable bonds is 2. The van der Waals surface area contributed by atoms with Crippen LogP contribution in [0.4, 0.5) is 5.69 Å². The van der Waals surface area contributed by atoms with Gasteiger partial charge in [-0.2, -0.15) is 0 Å². The zero-order valence-corrected chi connectivity index (χ0v) is 12.2. The SMILES string of the molecule is Cc1cc(NC(=O)C2CCS(=O)(=O)C2)cnc1Br. The maximum Gasteiger partial charge on any atom is 0.228 e. The Bertz CT molecular complexity index is 586. The summed E-state index contributed by atoms with van der Waals surface area (Å²) in [5, 5.41) is 2.70. The third-order valence-electron chi connectivity index (χ3n) is 2.89. The fourth-order valence-corrected chi connectivity index (χ4v) is 3.83. The number of sulfone groups is 1. The van der Waals surface area contributed by atoms with Gasteiger partial charge in [0, 0.05) is 0 Å². The van der Waals surface area contributed by atoms with Crippen molar-refractivity contribution in [3.8, 4) is 0 Å². The van der Waals surface area contributed by atoms with Gasteiger partial charge in [0.1, 0.15) is 4.60 Å². The number of anilines is 1. The smallest absolute Gasteiger partial charge is 0.228 e. The molecule has 98 valence electrons. The minimum Gasteiger partial charge on any atom is -0.324 e. The highest BCUT2D eigenvalue weighted by Gasteiger charge is 2.32. The van der Waals surface area contributed by atoms with Gasteiger partial charge in [0.25, 0.3) is 0 Å². The molecule has 1 aliphatic heterocycles. The summed E-state index contributed by atoms with van der Waals surface area (Å²) in [6, 6.07) is 1.79. The summed E-state index contributed by atoms with van der Waals surface area (Å²) in [4.78, 5) is 16.0. The second-order valence-electron chi connectivity index (χ2n) is 4.42. The van der Waals surface area contributed by atoms with Crippen LogP contribution in [0, 0.1) is 12.8 Å². The molecule has 1 aromatic heterocycles. The first kappa shape index (κ1) is 13.5. The van der Waals surface area contributed by atoms with E-state index < -0.39 is 15.8 Å². The van der Waals surface area contributed by atoms with Crippen molar-refractivity contribution >= 4 is 37.4 Å². The first-order chi connectivity index (χ1) is 8.37. The van der Waals surface area contributed by atoms with E-state index in [0.717, 1.165) is 10.2 Å². The van der Waals surface area contributed by atoms with Crippen molar-refractivity contribution in [2.45, 2.75) is 13.3 Å². The quantitative estimate of drug-likeness (QED) is 0.833. The number of nitrogens with zero attached hydrogens (tertiary/aromatic N) is 1. The van der Waals surface area contributed by atoms with Crippen LogP contribution in [-0.2, 0) is 14.6 Å². The first-order valence-corrected chi connectivity index (χ1v) is 8.12. The number of aromatic nitrogens is 1. The van der Waals surface area contributed by atoms with Crippen molar-refractivity contribution in [1.29, 1.82) is 0 Å². The highest BCUT2D eigenvalue weighted by molar-refractivity contribution is 9.10. The molecule has 18 heavy (non-hydrogen) atoms. The van der Waals surface area contributed by atoms with E-state index in [0.29, 0.717) is 12.1 Å². The molecule has 2 heterocycles. The maximum absolute atomic E-state index is 11.9. The highest BCUT2D eigenvalue weighted by atomic mass is 79.9. The number of pyridine rings is 1. The minimum absolute atomic E-state index is 0.0538. The predicted molar refractivity (Wildman–Crippen MR) is 72.1 cm³/mol. The van der Waals surface area contributed by atoms with Gasteiger partial charge in [-0.3, -0.25) is 4.79 Å². The second-order valence-corrected chi connectivity index (χ2v) is 7.40. The number of hydrogen-bond acceptors (Lipinski definition) is 4. The van der Waals surface area contributed by atoms with Gasteiger partial charge < -0.3 is 5.32 Å². The van der Waals surface area contributed by atoms with E-state index in [1.54, 1.807) is 12.3 Å². The summed E-state index contributed by atoms with van der Waals surface area (Å²) < 4.78 is 23.3. The molecule has 0 spiro atoms. The highest BCUT2D eigenvalue weighted by Crippen LogP contribution is 2.21. The minimum atomic E-state index is -3.03. The van der Waals surface area contributed by atoms with Crippen LogP contribution in [0.2, 0.25) is 0 Å². The summed E-state index contributed by atoms with van der Waals surface area (Å²) in [5.41, 5.74) is 1.50. The van der Waals surface area contributed by atoms with Crippen LogP contribution in [0.1, 0.15) is 12.0 Å². The monoisotopic (exact) mass is 332 g/mol. The molecule has 1 unspecified atom stereocenters. The average molecular weight is 333 g/mol. The Hall–Kier alpha value is -0.950. The lowest BCUT2D eigenvalue weighted by Crippen LogP contribution is -2.23. The predicted octanol–water partition coefficient (Wildman–Crippen LogP) is 1.53. The molecular weight excluding hydrogens is 320 g/mol. The molecule has 1 amide bonds. The summed E-state index contributed by atoms with van der Waals surface area (Å²) in [6.45, 7) is 1.87. The fraction of sp³-hybridized carbons (Fsp3) is 0.455. The Balaban J connectivity index is 2.06. The second kappa shape index (κ2) is 4.97. The molecule has 0 radical (unpaired) electrons. The van der Waals surface area contributed by atoms with Crippen LogP contribution < -0.4 is 5.32 Å². The normalized spacial score (nSPS) is 21.8. The van der Waals surface area contributed by atoms with E-state index >= 15 is 0 Å². The Labute approximate surface area is 114 Å². The van der Waals surface area contributed by atoms with Gasteiger partial charge in [-0.1, -0.05) is 0 Å². The molecule has 0 aromatic carbocycles. The molecule has 1 aromatic rings. The van der Waals surface area contributed by atoms with Gasteiger partial charge in [0.2, 0.25) is 5.91 Å². The van der Waals surface area contributed by atoms with Gasteiger partial charge in [-0.25, -0.2) is 13.4 Å². The molecule has 1 N–H and O–H groups in total. The lowest BCUT2D eigenvalue weighted by atomic mass is 10.1. The summed E-state index contributed by atoms with van der Waals surface area (Å²) >= 11 is 3.27. The van der Waals surface area contributed by atoms with Gasteiger partial charge in [0.05, 0.1) is 29.3 Å². The van der Waals surface area contributed by atoms with Crippen molar-refractivity contribution in [2.75, 3.05) is 16.8 Å². The van der Waals surface area contributed by atoms with E-state index in [-0.39, 0.29) is 17.4 Å². The molecule has 1 atom stereocenters. The standard InChI is InChI=1S/C11H13BrN2O3S/c1-7-4-9(5-13-10(7)12)14-11(15)8-2-3-18(16,17)6-8/h4-5,8H,2-3,6H2,1H3,(H,14,15). The molecule has 5 nitrogen and oxygen atoms in total. The Morgan fingerprint density at radius 2 is 2.28 bits per heavy atom. The number of carbonyl (C=O) groups excluding carboxylic acids is 1. The Kier molecular flexibility index (Phi) is 3.72. The van der Waals surface area contributed by atoms with Gasteiger partial charge >= 0.3 is 0 Å². The van der Waals surface area contributed by atoms with E-state index in [9.17, 15) is 13.2 Å².